The third-order valence-electron chi connectivity index (χ3n) is 5.80. The van der Waals surface area contributed by atoms with Crippen LogP contribution in [0.4, 0.5) is 14.5 Å². The molecule has 192 valence electrons. The van der Waals surface area contributed by atoms with Crippen molar-refractivity contribution >= 4 is 28.6 Å². The second-order valence-corrected chi connectivity index (χ2v) is 8.47. The van der Waals surface area contributed by atoms with Gasteiger partial charge in [-0.2, -0.15) is 0 Å². The Kier molecular flexibility index (Phi) is 6.65. The Bertz CT molecular complexity index is 1680. The normalized spacial score (nSPS) is 11.1. The lowest BCUT2D eigenvalue weighted by Crippen LogP contribution is -2.15. The van der Waals surface area contributed by atoms with Gasteiger partial charge in [-0.05, 0) is 55.0 Å². The summed E-state index contributed by atoms with van der Waals surface area (Å²) in [6, 6.07) is 14.0. The van der Waals surface area contributed by atoms with Crippen molar-refractivity contribution in [1.82, 2.24) is 24.5 Å². The number of rotatable bonds is 7. The number of hydrogen-bond donors (Lipinski definition) is 1. The molecule has 0 saturated carbocycles. The van der Waals surface area contributed by atoms with E-state index >= 15 is 0 Å². The van der Waals surface area contributed by atoms with Gasteiger partial charge in [0.2, 0.25) is 5.91 Å². The highest BCUT2D eigenvalue weighted by molar-refractivity contribution is 5.91. The van der Waals surface area contributed by atoms with Crippen molar-refractivity contribution in [3.63, 3.8) is 0 Å². The number of carbonyl (C=O) groups is 2. The molecule has 0 fully saturated rings. The molecule has 38 heavy (non-hydrogen) atoms. The summed E-state index contributed by atoms with van der Waals surface area (Å²) < 4.78 is 36.4. The fraction of sp³-hybridized carbons (Fsp3) is 0.148. The molecule has 0 atom stereocenters. The van der Waals surface area contributed by atoms with Gasteiger partial charge in [0, 0.05) is 35.5 Å². The number of fused-ring (bicyclic) bond motifs is 1. The number of esters is 1. The Balaban J connectivity index is 1.56. The van der Waals surface area contributed by atoms with Gasteiger partial charge >= 0.3 is 5.97 Å². The van der Waals surface area contributed by atoms with E-state index in [4.69, 9.17) is 4.74 Å². The summed E-state index contributed by atoms with van der Waals surface area (Å²) in [5.74, 6) is -2.11. The predicted octanol–water partition coefficient (Wildman–Crippen LogP) is 4.75. The van der Waals surface area contributed by atoms with E-state index in [-0.39, 0.29) is 24.6 Å². The molecule has 0 unspecified atom stereocenters. The Hall–Kier alpha value is -4.93. The number of imidazole rings is 1. The second kappa shape index (κ2) is 10.2. The lowest BCUT2D eigenvalue weighted by molar-refractivity contribution is -0.144. The van der Waals surface area contributed by atoms with E-state index in [0.717, 1.165) is 17.1 Å². The van der Waals surface area contributed by atoms with Gasteiger partial charge in [-0.15, -0.1) is 5.10 Å². The van der Waals surface area contributed by atoms with Crippen LogP contribution in [-0.2, 0) is 20.9 Å². The molecule has 3 aromatic carbocycles. The molecule has 9 nitrogen and oxygen atoms in total. The Morgan fingerprint density at radius 3 is 2.63 bits per heavy atom. The third-order valence-corrected chi connectivity index (χ3v) is 5.80. The first-order valence-electron chi connectivity index (χ1n) is 11.7. The highest BCUT2D eigenvalue weighted by atomic mass is 19.1. The van der Waals surface area contributed by atoms with E-state index < -0.39 is 17.6 Å². The van der Waals surface area contributed by atoms with Crippen LogP contribution in [0.5, 0.6) is 0 Å². The zero-order valence-corrected chi connectivity index (χ0v) is 20.5. The van der Waals surface area contributed by atoms with Gasteiger partial charge in [-0.1, -0.05) is 11.3 Å². The van der Waals surface area contributed by atoms with E-state index in [2.05, 4.69) is 20.6 Å². The molecule has 0 spiro atoms. The first-order chi connectivity index (χ1) is 18.3. The molecule has 0 aliphatic carbocycles. The fourth-order valence-electron chi connectivity index (χ4n) is 4.21. The van der Waals surface area contributed by atoms with E-state index in [9.17, 15) is 18.4 Å². The number of aromatic nitrogens is 5. The summed E-state index contributed by atoms with van der Waals surface area (Å²) in [5.41, 5.74) is 4.45. The topological polar surface area (TPSA) is 104 Å². The minimum absolute atomic E-state index is 0.0751. The van der Waals surface area contributed by atoms with Crippen molar-refractivity contribution in [2.45, 2.75) is 20.4 Å². The first-order valence-corrected chi connectivity index (χ1v) is 11.7. The zero-order chi connectivity index (χ0) is 26.8. The van der Waals surface area contributed by atoms with E-state index in [1.165, 1.54) is 23.7 Å². The Morgan fingerprint density at radius 1 is 1.03 bits per heavy atom. The van der Waals surface area contributed by atoms with Gasteiger partial charge in [0.05, 0.1) is 29.5 Å². The standard InChI is InChI=1S/C27H22F2N6O3/c1-3-38-27(37)14-35-26(13-31-33-35)17-4-7-25-24(10-17)30-15-34(25)21-9-18(8-20(12-21)32-16(2)36)22-6-5-19(28)11-23(22)29/h4-13,15H,3,14H2,1-2H3,(H,32,36). The van der Waals surface area contributed by atoms with Crippen molar-refractivity contribution < 1.29 is 23.1 Å². The highest BCUT2D eigenvalue weighted by Gasteiger charge is 2.15. The number of benzene rings is 3. The average molecular weight is 517 g/mol. The van der Waals surface area contributed by atoms with Crippen molar-refractivity contribution in [3.05, 3.63) is 78.8 Å². The molecular weight excluding hydrogens is 494 g/mol. The van der Waals surface area contributed by atoms with Crippen LogP contribution in [0.25, 0.3) is 39.1 Å². The molecule has 11 heteroatoms. The first kappa shape index (κ1) is 24.8. The zero-order valence-electron chi connectivity index (χ0n) is 20.5. The monoisotopic (exact) mass is 516 g/mol. The van der Waals surface area contributed by atoms with Crippen molar-refractivity contribution in [3.8, 4) is 28.1 Å². The molecule has 0 saturated heterocycles. The van der Waals surface area contributed by atoms with Crippen molar-refractivity contribution in [2.24, 2.45) is 0 Å². The number of carbonyl (C=O) groups excluding carboxylic acids is 2. The quantitative estimate of drug-likeness (QED) is 0.313. The van der Waals surface area contributed by atoms with E-state index in [0.29, 0.717) is 28.1 Å². The number of anilines is 1. The summed E-state index contributed by atoms with van der Waals surface area (Å²) in [5, 5.41) is 10.6. The number of hydrogen-bond acceptors (Lipinski definition) is 6. The molecule has 1 amide bonds. The maximum Gasteiger partial charge on any atom is 0.327 e. The van der Waals surface area contributed by atoms with Crippen LogP contribution < -0.4 is 5.32 Å². The van der Waals surface area contributed by atoms with Crippen molar-refractivity contribution in [1.29, 1.82) is 0 Å². The molecule has 5 rings (SSSR count). The minimum atomic E-state index is -0.718. The molecule has 0 aliphatic rings. The van der Waals surface area contributed by atoms with Crippen molar-refractivity contribution in [2.75, 3.05) is 11.9 Å². The van der Waals surface area contributed by atoms with Gasteiger partial charge in [0.15, 0.2) is 0 Å². The number of halogens is 2. The minimum Gasteiger partial charge on any atom is -0.465 e. The van der Waals surface area contributed by atoms with Crippen LogP contribution >= 0.6 is 0 Å². The fourth-order valence-corrected chi connectivity index (χ4v) is 4.21. The number of ether oxygens (including phenoxy) is 1. The summed E-state index contributed by atoms with van der Waals surface area (Å²) in [7, 11) is 0. The number of nitrogens with one attached hydrogen (secondary N) is 1. The van der Waals surface area contributed by atoms with Gasteiger partial charge in [0.25, 0.3) is 0 Å². The molecule has 0 radical (unpaired) electrons. The smallest absolute Gasteiger partial charge is 0.327 e. The lowest BCUT2D eigenvalue weighted by atomic mass is 10.0. The van der Waals surface area contributed by atoms with Gasteiger partial charge in [-0.25, -0.2) is 18.4 Å². The lowest BCUT2D eigenvalue weighted by Gasteiger charge is -2.13. The van der Waals surface area contributed by atoms with Crippen LogP contribution in [0, 0.1) is 11.6 Å². The average Bonchev–Trinajstić information content (AvgIpc) is 3.50. The van der Waals surface area contributed by atoms with Crippen LogP contribution in [0.3, 0.4) is 0 Å². The van der Waals surface area contributed by atoms with Gasteiger partial charge in [-0.3, -0.25) is 14.2 Å². The van der Waals surface area contributed by atoms with Crippen LogP contribution in [0.15, 0.2) is 67.1 Å². The molecule has 5 aromatic rings. The Morgan fingerprint density at radius 2 is 1.87 bits per heavy atom. The van der Waals surface area contributed by atoms with E-state index in [1.54, 1.807) is 42.2 Å². The number of amides is 1. The Labute approximate surface area is 215 Å². The summed E-state index contributed by atoms with van der Waals surface area (Å²) in [4.78, 5) is 28.2. The maximum atomic E-state index is 14.6. The van der Waals surface area contributed by atoms with E-state index in [1.807, 2.05) is 18.2 Å². The molecular formula is C27H22F2N6O3. The molecule has 0 bridgehead atoms. The molecule has 0 aliphatic heterocycles. The molecule has 2 heterocycles. The SMILES string of the molecule is CCOC(=O)Cn1nncc1-c1ccc2c(c1)ncn2-c1cc(NC(C)=O)cc(-c2ccc(F)cc2F)c1. The largest absolute Gasteiger partial charge is 0.465 e. The summed E-state index contributed by atoms with van der Waals surface area (Å²) in [6.45, 7) is 3.30. The van der Waals surface area contributed by atoms with Crippen LogP contribution in [-0.4, -0.2) is 43.0 Å². The molecule has 1 N–H and O–H groups in total. The van der Waals surface area contributed by atoms with Gasteiger partial charge < -0.3 is 10.1 Å². The highest BCUT2D eigenvalue weighted by Crippen LogP contribution is 2.31. The third kappa shape index (κ3) is 4.99. The van der Waals surface area contributed by atoms with Crippen LogP contribution in [0.2, 0.25) is 0 Å². The number of nitrogens with zero attached hydrogens (tertiary/aromatic N) is 5. The predicted molar refractivity (Wildman–Crippen MR) is 136 cm³/mol. The second-order valence-electron chi connectivity index (χ2n) is 8.47. The summed E-state index contributed by atoms with van der Waals surface area (Å²) in [6.07, 6.45) is 3.16. The van der Waals surface area contributed by atoms with Crippen LogP contribution in [0.1, 0.15) is 13.8 Å². The molecule has 2 aromatic heterocycles. The maximum absolute atomic E-state index is 14.6. The summed E-state index contributed by atoms with van der Waals surface area (Å²) >= 11 is 0. The van der Waals surface area contributed by atoms with Gasteiger partial charge in [0.1, 0.15) is 24.5 Å².